The number of hydrogen-bond acceptors (Lipinski definition) is 4. The number of nitrogens with zero attached hydrogens (tertiary/aromatic N) is 1. The molecule has 4 rings (SSSR count). The lowest BCUT2D eigenvalue weighted by atomic mass is 10.2. The van der Waals surface area contributed by atoms with E-state index in [1.54, 1.807) is 11.8 Å². The molecule has 2 heterocycles. The van der Waals surface area contributed by atoms with Gasteiger partial charge >= 0.3 is 0 Å². The molecule has 0 saturated heterocycles. The molecule has 0 bridgehead atoms. The third-order valence-electron chi connectivity index (χ3n) is 4.12. The fraction of sp³-hybridized carbons (Fsp3) is 0.158. The number of hydrogen-bond donors (Lipinski definition) is 3. The Kier molecular flexibility index (Phi) is 4.19. The fourth-order valence-corrected chi connectivity index (χ4v) is 3.66. The molecule has 3 aromatic rings. The van der Waals surface area contributed by atoms with Gasteiger partial charge in [0.25, 0.3) is 5.91 Å². The second-order valence-electron chi connectivity index (χ2n) is 5.80. The molecule has 3 N–H and O–H groups in total. The van der Waals surface area contributed by atoms with Crippen LogP contribution in [0.1, 0.15) is 6.42 Å². The van der Waals surface area contributed by atoms with Gasteiger partial charge in [-0.05, 0) is 48.9 Å². The summed E-state index contributed by atoms with van der Waals surface area (Å²) in [6.07, 6.45) is 2.95. The lowest BCUT2D eigenvalue weighted by Gasteiger charge is -2.05. The van der Waals surface area contributed by atoms with Crippen molar-refractivity contribution in [3.05, 3.63) is 53.4 Å². The zero-order chi connectivity index (χ0) is 17.2. The summed E-state index contributed by atoms with van der Waals surface area (Å²) in [6.45, 7) is 0. The van der Waals surface area contributed by atoms with Crippen molar-refractivity contribution in [2.24, 2.45) is 0 Å². The zero-order valence-corrected chi connectivity index (χ0v) is 14.6. The van der Waals surface area contributed by atoms with Crippen molar-refractivity contribution in [2.45, 2.75) is 6.42 Å². The van der Waals surface area contributed by atoms with Gasteiger partial charge in [-0.25, -0.2) is 4.98 Å². The maximum atomic E-state index is 12.2. The Morgan fingerprint density at radius 3 is 2.68 bits per heavy atom. The summed E-state index contributed by atoms with van der Waals surface area (Å²) in [5.41, 5.74) is 4.63. The number of anilines is 2. The highest BCUT2D eigenvalue weighted by molar-refractivity contribution is 8.04. The van der Waals surface area contributed by atoms with Gasteiger partial charge in [-0.15, -0.1) is 11.8 Å². The molecular weight excluding hydrogens is 332 g/mol. The number of aromatic nitrogens is 2. The average molecular weight is 350 g/mol. The molecule has 0 atom stereocenters. The Morgan fingerprint density at radius 2 is 1.96 bits per heavy atom. The molecule has 1 aromatic heterocycles. The second-order valence-corrected chi connectivity index (χ2v) is 6.94. The monoisotopic (exact) mass is 350 g/mol. The van der Waals surface area contributed by atoms with Crippen molar-refractivity contribution < 1.29 is 4.79 Å². The Morgan fingerprint density at radius 1 is 1.16 bits per heavy atom. The van der Waals surface area contributed by atoms with Gasteiger partial charge in [0.1, 0.15) is 5.82 Å². The number of thioether (sulfide) groups is 1. The number of carbonyl (C=O) groups excluding carboxylic acids is 1. The lowest BCUT2D eigenvalue weighted by Crippen LogP contribution is -2.11. The first kappa shape index (κ1) is 15.8. The predicted molar refractivity (Wildman–Crippen MR) is 105 cm³/mol. The second kappa shape index (κ2) is 6.64. The first-order valence-corrected chi connectivity index (χ1v) is 9.14. The van der Waals surface area contributed by atoms with Crippen LogP contribution >= 0.6 is 11.8 Å². The standard InChI is InChI=1S/C19H18N4OS/c1-20-13-6-4-12(5-7-13)18-22-15-9-8-14(11-16(15)23-18)21-19(24)17-3-2-10-25-17/h3-9,11,20H,2,10H2,1H3,(H,21,24)(H,22,23). The SMILES string of the molecule is CNc1ccc(-c2nc3ccc(NC(=O)C4=CCCS4)cc3[nH]2)cc1. The van der Waals surface area contributed by atoms with Gasteiger partial charge in [-0.3, -0.25) is 4.79 Å². The summed E-state index contributed by atoms with van der Waals surface area (Å²) in [5, 5.41) is 6.06. The number of rotatable bonds is 4. The Bertz CT molecular complexity index is 959. The van der Waals surface area contributed by atoms with Crippen molar-refractivity contribution in [1.29, 1.82) is 0 Å². The smallest absolute Gasteiger partial charge is 0.261 e. The van der Waals surface area contributed by atoms with Crippen LogP contribution in [0.15, 0.2) is 53.4 Å². The third-order valence-corrected chi connectivity index (χ3v) is 5.22. The first-order valence-electron chi connectivity index (χ1n) is 8.15. The largest absolute Gasteiger partial charge is 0.388 e. The molecule has 0 spiro atoms. The average Bonchev–Trinajstić information content (AvgIpc) is 3.31. The van der Waals surface area contributed by atoms with Gasteiger partial charge < -0.3 is 15.6 Å². The Labute approximate surface area is 149 Å². The van der Waals surface area contributed by atoms with Gasteiger partial charge in [0.15, 0.2) is 0 Å². The quantitative estimate of drug-likeness (QED) is 0.658. The van der Waals surface area contributed by atoms with E-state index in [1.165, 1.54) is 0 Å². The number of amides is 1. The number of carbonyl (C=O) groups is 1. The summed E-state index contributed by atoms with van der Waals surface area (Å²) < 4.78 is 0. The zero-order valence-electron chi connectivity index (χ0n) is 13.8. The highest BCUT2D eigenvalue weighted by Crippen LogP contribution is 2.27. The third kappa shape index (κ3) is 3.25. The van der Waals surface area contributed by atoms with E-state index in [0.717, 1.165) is 50.9 Å². The van der Waals surface area contributed by atoms with Gasteiger partial charge in [0.05, 0.1) is 15.9 Å². The minimum atomic E-state index is -0.0377. The van der Waals surface area contributed by atoms with Crippen molar-refractivity contribution in [3.63, 3.8) is 0 Å². The van der Waals surface area contributed by atoms with Gasteiger partial charge in [0, 0.05) is 29.7 Å². The Balaban J connectivity index is 1.59. The van der Waals surface area contributed by atoms with Crippen LogP contribution in [-0.2, 0) is 4.79 Å². The molecule has 6 heteroatoms. The molecule has 0 aliphatic carbocycles. The molecule has 2 aromatic carbocycles. The van der Waals surface area contributed by atoms with Gasteiger partial charge in [0.2, 0.25) is 0 Å². The van der Waals surface area contributed by atoms with E-state index in [2.05, 4.69) is 20.6 Å². The van der Waals surface area contributed by atoms with Gasteiger partial charge in [-0.1, -0.05) is 6.08 Å². The molecule has 0 saturated carbocycles. The van der Waals surface area contributed by atoms with E-state index >= 15 is 0 Å². The van der Waals surface area contributed by atoms with Crippen LogP contribution in [0, 0.1) is 0 Å². The summed E-state index contributed by atoms with van der Waals surface area (Å²) in [7, 11) is 1.89. The van der Waals surface area contributed by atoms with E-state index in [0.29, 0.717) is 0 Å². The topological polar surface area (TPSA) is 69.8 Å². The summed E-state index contributed by atoms with van der Waals surface area (Å²) in [5.74, 6) is 1.76. The van der Waals surface area contributed by atoms with Gasteiger partial charge in [-0.2, -0.15) is 0 Å². The Hall–Kier alpha value is -2.73. The number of allylic oxidation sites excluding steroid dienone is 1. The molecular formula is C19H18N4OS. The van der Waals surface area contributed by atoms with Crippen molar-refractivity contribution in [2.75, 3.05) is 23.4 Å². The highest BCUT2D eigenvalue weighted by Gasteiger charge is 2.14. The maximum Gasteiger partial charge on any atom is 0.261 e. The van der Waals surface area contributed by atoms with Crippen LogP contribution < -0.4 is 10.6 Å². The van der Waals surface area contributed by atoms with Crippen LogP contribution in [0.4, 0.5) is 11.4 Å². The van der Waals surface area contributed by atoms with Crippen LogP contribution in [0.2, 0.25) is 0 Å². The predicted octanol–water partition coefficient (Wildman–Crippen LogP) is 4.23. The van der Waals surface area contributed by atoms with E-state index in [-0.39, 0.29) is 5.91 Å². The lowest BCUT2D eigenvalue weighted by molar-refractivity contribution is -0.112. The summed E-state index contributed by atoms with van der Waals surface area (Å²) in [4.78, 5) is 21.0. The van der Waals surface area contributed by atoms with E-state index in [4.69, 9.17) is 0 Å². The number of aromatic amines is 1. The first-order chi connectivity index (χ1) is 12.2. The summed E-state index contributed by atoms with van der Waals surface area (Å²) in [6, 6.07) is 13.8. The number of nitrogens with one attached hydrogen (secondary N) is 3. The molecule has 1 aliphatic heterocycles. The van der Waals surface area contributed by atoms with Crippen LogP contribution in [-0.4, -0.2) is 28.7 Å². The van der Waals surface area contributed by atoms with Crippen molar-refractivity contribution in [3.8, 4) is 11.4 Å². The summed E-state index contributed by atoms with van der Waals surface area (Å²) >= 11 is 1.60. The van der Waals surface area contributed by atoms with Crippen LogP contribution in [0.25, 0.3) is 22.4 Å². The number of fused-ring (bicyclic) bond motifs is 1. The van der Waals surface area contributed by atoms with Crippen LogP contribution in [0.5, 0.6) is 0 Å². The number of H-pyrrole nitrogens is 1. The van der Waals surface area contributed by atoms with E-state index in [9.17, 15) is 4.79 Å². The molecule has 1 aliphatic rings. The molecule has 0 unspecified atom stereocenters. The van der Waals surface area contributed by atoms with Crippen LogP contribution in [0.3, 0.4) is 0 Å². The van der Waals surface area contributed by atoms with Crippen molar-refractivity contribution in [1.82, 2.24) is 9.97 Å². The molecule has 5 nitrogen and oxygen atoms in total. The minimum absolute atomic E-state index is 0.0377. The maximum absolute atomic E-state index is 12.2. The van der Waals surface area contributed by atoms with Crippen molar-refractivity contribution >= 4 is 40.1 Å². The molecule has 25 heavy (non-hydrogen) atoms. The van der Waals surface area contributed by atoms with E-state index < -0.39 is 0 Å². The molecule has 0 fully saturated rings. The molecule has 1 amide bonds. The number of imidazole rings is 1. The number of benzene rings is 2. The molecule has 126 valence electrons. The molecule has 0 radical (unpaired) electrons. The highest BCUT2D eigenvalue weighted by atomic mass is 32.2. The normalized spacial score (nSPS) is 13.7. The minimum Gasteiger partial charge on any atom is -0.388 e. The fourth-order valence-electron chi connectivity index (χ4n) is 2.79. The van der Waals surface area contributed by atoms with E-state index in [1.807, 2.05) is 55.6 Å².